The minimum absolute atomic E-state index is 0.0104. The first-order valence-corrected chi connectivity index (χ1v) is 11.2. The topological polar surface area (TPSA) is 73.1 Å². The average molecular weight is 442 g/mol. The number of hydrogen-bond donors (Lipinski definition) is 1. The van der Waals surface area contributed by atoms with Crippen LogP contribution in [-0.2, 0) is 17.1 Å². The first kappa shape index (κ1) is 19.4. The molecule has 1 aliphatic rings. The standard InChI is InChI=1S/C18H24BrN3O3S/c1-13-17(19)18(23)22(21(13)2)15-9-11-16(12-10-15)26(24,25)20-14-7-5-3-4-6-8-14/h9-12,14,20H,3-8H2,1-2H3. The van der Waals surface area contributed by atoms with Crippen LogP contribution in [0.4, 0.5) is 0 Å². The third-order valence-corrected chi connectivity index (χ3v) is 7.50. The van der Waals surface area contributed by atoms with Crippen molar-refractivity contribution in [2.75, 3.05) is 0 Å². The van der Waals surface area contributed by atoms with E-state index in [-0.39, 0.29) is 16.5 Å². The van der Waals surface area contributed by atoms with Gasteiger partial charge in [0.05, 0.1) is 16.3 Å². The maximum Gasteiger partial charge on any atom is 0.285 e. The molecule has 1 aromatic heterocycles. The molecule has 3 rings (SSSR count). The highest BCUT2D eigenvalue weighted by molar-refractivity contribution is 9.10. The molecule has 0 bridgehead atoms. The smallest absolute Gasteiger partial charge is 0.284 e. The van der Waals surface area contributed by atoms with Crippen LogP contribution in [0.15, 0.2) is 38.4 Å². The number of halogens is 1. The molecule has 6 nitrogen and oxygen atoms in total. The molecule has 1 fully saturated rings. The number of aromatic nitrogens is 2. The largest absolute Gasteiger partial charge is 0.285 e. The molecule has 26 heavy (non-hydrogen) atoms. The van der Waals surface area contributed by atoms with Gasteiger partial charge in [-0.15, -0.1) is 0 Å². The second kappa shape index (κ2) is 7.70. The van der Waals surface area contributed by atoms with Crippen molar-refractivity contribution < 1.29 is 8.42 Å². The van der Waals surface area contributed by atoms with Crippen molar-refractivity contribution >= 4 is 26.0 Å². The molecule has 1 saturated carbocycles. The number of benzene rings is 1. The zero-order valence-corrected chi connectivity index (χ0v) is 17.4. The molecule has 1 aliphatic carbocycles. The van der Waals surface area contributed by atoms with E-state index in [2.05, 4.69) is 20.7 Å². The number of sulfonamides is 1. The Morgan fingerprint density at radius 3 is 2.15 bits per heavy atom. The third-order valence-electron chi connectivity index (χ3n) is 5.05. The van der Waals surface area contributed by atoms with Gasteiger partial charge in [0.2, 0.25) is 10.0 Å². The first-order chi connectivity index (χ1) is 12.3. The van der Waals surface area contributed by atoms with Crippen LogP contribution in [0.5, 0.6) is 0 Å². The van der Waals surface area contributed by atoms with Gasteiger partial charge < -0.3 is 0 Å². The molecule has 0 spiro atoms. The van der Waals surface area contributed by atoms with Gasteiger partial charge in [0, 0.05) is 13.1 Å². The molecule has 0 amide bonds. The van der Waals surface area contributed by atoms with Crippen LogP contribution in [0, 0.1) is 6.92 Å². The number of nitrogens with one attached hydrogen (secondary N) is 1. The van der Waals surface area contributed by atoms with Crippen LogP contribution in [0.1, 0.15) is 44.2 Å². The van der Waals surface area contributed by atoms with Gasteiger partial charge in [0.25, 0.3) is 5.56 Å². The van der Waals surface area contributed by atoms with E-state index in [0.29, 0.717) is 10.2 Å². The quantitative estimate of drug-likeness (QED) is 0.739. The fourth-order valence-corrected chi connectivity index (χ4v) is 5.15. The maximum absolute atomic E-state index is 12.7. The molecule has 0 radical (unpaired) electrons. The summed E-state index contributed by atoms with van der Waals surface area (Å²) in [5.74, 6) is 0. The summed E-state index contributed by atoms with van der Waals surface area (Å²) < 4.78 is 31.9. The fourth-order valence-electron chi connectivity index (χ4n) is 3.42. The highest BCUT2D eigenvalue weighted by Gasteiger charge is 2.21. The lowest BCUT2D eigenvalue weighted by atomic mass is 10.1. The van der Waals surface area contributed by atoms with Gasteiger partial charge >= 0.3 is 0 Å². The van der Waals surface area contributed by atoms with Crippen LogP contribution < -0.4 is 10.3 Å². The van der Waals surface area contributed by atoms with Crippen LogP contribution in [-0.4, -0.2) is 23.8 Å². The fraction of sp³-hybridized carbons (Fsp3) is 0.500. The van der Waals surface area contributed by atoms with Crippen molar-refractivity contribution in [1.82, 2.24) is 14.1 Å². The monoisotopic (exact) mass is 441 g/mol. The SMILES string of the molecule is Cc1c(Br)c(=O)n(-c2ccc(S(=O)(=O)NC3CCCCCC3)cc2)n1C. The maximum atomic E-state index is 12.7. The summed E-state index contributed by atoms with van der Waals surface area (Å²) in [6, 6.07) is 6.44. The number of hydrogen-bond acceptors (Lipinski definition) is 3. The zero-order valence-electron chi connectivity index (χ0n) is 15.0. The molecule has 0 aliphatic heterocycles. The molecular formula is C18H24BrN3O3S. The van der Waals surface area contributed by atoms with Crippen molar-refractivity contribution in [1.29, 1.82) is 0 Å². The van der Waals surface area contributed by atoms with Crippen LogP contribution in [0.2, 0.25) is 0 Å². The Balaban J connectivity index is 1.85. The van der Waals surface area contributed by atoms with Crippen LogP contribution >= 0.6 is 15.9 Å². The summed E-state index contributed by atoms with van der Waals surface area (Å²) in [4.78, 5) is 12.6. The highest BCUT2D eigenvalue weighted by atomic mass is 79.9. The van der Waals surface area contributed by atoms with Gasteiger partial charge in [-0.3, -0.25) is 9.48 Å². The summed E-state index contributed by atoms with van der Waals surface area (Å²) in [5.41, 5.74) is 1.26. The molecule has 1 heterocycles. The Bertz CT molecular complexity index is 937. The minimum Gasteiger partial charge on any atom is -0.284 e. The van der Waals surface area contributed by atoms with Crippen molar-refractivity contribution in [2.24, 2.45) is 7.05 Å². The lowest BCUT2D eigenvalue weighted by Crippen LogP contribution is -2.34. The Morgan fingerprint density at radius 1 is 1.08 bits per heavy atom. The Labute approximate surface area is 162 Å². The lowest BCUT2D eigenvalue weighted by Gasteiger charge is -2.16. The molecular weight excluding hydrogens is 418 g/mol. The van der Waals surface area contributed by atoms with Crippen molar-refractivity contribution in [2.45, 2.75) is 56.4 Å². The van der Waals surface area contributed by atoms with E-state index >= 15 is 0 Å². The Hall–Kier alpha value is -1.38. The Kier molecular flexibility index (Phi) is 5.74. The van der Waals surface area contributed by atoms with E-state index < -0.39 is 10.0 Å². The van der Waals surface area contributed by atoms with Gasteiger partial charge in [0.1, 0.15) is 4.47 Å². The van der Waals surface area contributed by atoms with Gasteiger partial charge in [-0.05, 0) is 60.0 Å². The van der Waals surface area contributed by atoms with Gasteiger partial charge in [-0.1, -0.05) is 25.7 Å². The molecule has 2 aromatic rings. The summed E-state index contributed by atoms with van der Waals surface area (Å²) in [7, 11) is -1.76. The number of nitrogens with zero attached hydrogens (tertiary/aromatic N) is 2. The van der Waals surface area contributed by atoms with E-state index in [1.807, 2.05) is 6.92 Å². The lowest BCUT2D eigenvalue weighted by molar-refractivity contribution is 0.510. The van der Waals surface area contributed by atoms with Gasteiger partial charge in [-0.25, -0.2) is 17.8 Å². The number of rotatable bonds is 4. The first-order valence-electron chi connectivity index (χ1n) is 8.88. The Morgan fingerprint density at radius 2 is 1.65 bits per heavy atom. The van der Waals surface area contributed by atoms with E-state index in [1.165, 1.54) is 17.5 Å². The van der Waals surface area contributed by atoms with Crippen LogP contribution in [0.25, 0.3) is 5.69 Å². The molecule has 0 unspecified atom stereocenters. The van der Waals surface area contributed by atoms with Crippen molar-refractivity contribution in [3.63, 3.8) is 0 Å². The summed E-state index contributed by atoms with van der Waals surface area (Å²) in [6.45, 7) is 1.84. The highest BCUT2D eigenvalue weighted by Crippen LogP contribution is 2.21. The molecule has 0 saturated heterocycles. The molecule has 8 heteroatoms. The zero-order chi connectivity index (χ0) is 18.9. The van der Waals surface area contributed by atoms with Gasteiger partial charge in [-0.2, -0.15) is 0 Å². The average Bonchev–Trinajstić information content (AvgIpc) is 2.82. The van der Waals surface area contributed by atoms with E-state index in [4.69, 9.17) is 0 Å². The predicted molar refractivity (Wildman–Crippen MR) is 105 cm³/mol. The predicted octanol–water partition coefficient (Wildman–Crippen LogP) is 3.25. The van der Waals surface area contributed by atoms with E-state index in [0.717, 1.165) is 31.4 Å². The summed E-state index contributed by atoms with van der Waals surface area (Å²) in [5, 5.41) is 0. The van der Waals surface area contributed by atoms with Crippen LogP contribution in [0.3, 0.4) is 0 Å². The third kappa shape index (κ3) is 3.82. The molecule has 0 atom stereocenters. The minimum atomic E-state index is -3.55. The van der Waals surface area contributed by atoms with E-state index in [1.54, 1.807) is 36.0 Å². The van der Waals surface area contributed by atoms with Crippen molar-refractivity contribution in [3.05, 3.63) is 44.8 Å². The second-order valence-corrected chi connectivity index (χ2v) is 9.35. The van der Waals surface area contributed by atoms with E-state index in [9.17, 15) is 13.2 Å². The normalized spacial score (nSPS) is 16.6. The molecule has 142 valence electrons. The summed E-state index contributed by atoms with van der Waals surface area (Å²) >= 11 is 3.30. The molecule has 1 N–H and O–H groups in total. The van der Waals surface area contributed by atoms with Crippen molar-refractivity contribution in [3.8, 4) is 5.69 Å². The molecule has 1 aromatic carbocycles. The summed E-state index contributed by atoms with van der Waals surface area (Å²) in [6.07, 6.45) is 6.26. The second-order valence-electron chi connectivity index (χ2n) is 6.84. The van der Waals surface area contributed by atoms with Gasteiger partial charge in [0.15, 0.2) is 0 Å².